The molecule has 0 atom stereocenters. The second-order valence-corrected chi connectivity index (χ2v) is 4.85. The Kier molecular flexibility index (Phi) is 4.20. The molecule has 4 nitrogen and oxygen atoms in total. The number of benzene rings is 1. The molecule has 1 saturated carbocycles. The molecule has 98 valence electrons. The first-order valence-corrected chi connectivity index (χ1v) is 6.37. The van der Waals surface area contributed by atoms with Gasteiger partial charge in [0.2, 0.25) is 0 Å². The summed E-state index contributed by atoms with van der Waals surface area (Å²) in [5.74, 6) is -0.355. The van der Waals surface area contributed by atoms with Crippen molar-refractivity contribution in [2.75, 3.05) is 12.3 Å². The van der Waals surface area contributed by atoms with Crippen molar-refractivity contribution in [1.82, 2.24) is 0 Å². The first-order valence-electron chi connectivity index (χ1n) is 6.37. The van der Waals surface area contributed by atoms with Crippen molar-refractivity contribution in [3.05, 3.63) is 29.3 Å². The second-order valence-electron chi connectivity index (χ2n) is 4.85. The van der Waals surface area contributed by atoms with Crippen LogP contribution in [0.2, 0.25) is 0 Å². The quantitative estimate of drug-likeness (QED) is 0.787. The van der Waals surface area contributed by atoms with Crippen LogP contribution in [-0.4, -0.2) is 17.7 Å². The van der Waals surface area contributed by atoms with Gasteiger partial charge in [0.15, 0.2) is 0 Å². The monoisotopic (exact) mass is 249 g/mol. The maximum Gasteiger partial charge on any atom is 0.338 e. The number of carboxylic acids is 1. The molecule has 1 aliphatic carbocycles. The minimum atomic E-state index is -0.993. The van der Waals surface area contributed by atoms with Gasteiger partial charge in [-0.1, -0.05) is 25.0 Å². The van der Waals surface area contributed by atoms with E-state index in [-0.39, 0.29) is 5.56 Å². The Morgan fingerprint density at radius 1 is 1.39 bits per heavy atom. The first-order chi connectivity index (χ1) is 8.68. The molecule has 0 unspecified atom stereocenters. The Hall–Kier alpha value is -1.55. The van der Waals surface area contributed by atoms with E-state index in [2.05, 4.69) is 0 Å². The topological polar surface area (TPSA) is 72.5 Å². The van der Waals surface area contributed by atoms with Crippen LogP contribution in [-0.2, 0) is 11.3 Å². The summed E-state index contributed by atoms with van der Waals surface area (Å²) in [5.41, 5.74) is 6.80. The van der Waals surface area contributed by atoms with Crippen molar-refractivity contribution < 1.29 is 14.6 Å². The summed E-state index contributed by atoms with van der Waals surface area (Å²) in [6.07, 6.45) is 5.02. The van der Waals surface area contributed by atoms with Crippen molar-refractivity contribution in [3.8, 4) is 0 Å². The molecule has 2 rings (SSSR count). The van der Waals surface area contributed by atoms with E-state index in [1.165, 1.54) is 25.7 Å². The zero-order valence-corrected chi connectivity index (χ0v) is 10.4. The molecule has 0 saturated heterocycles. The predicted octanol–water partition coefficient (Wildman–Crippen LogP) is 2.67. The molecule has 1 fully saturated rings. The number of carboxylic acid groups (broad SMARTS) is 1. The van der Waals surface area contributed by atoms with Gasteiger partial charge in [0.1, 0.15) is 0 Å². The van der Waals surface area contributed by atoms with E-state index in [0.717, 1.165) is 0 Å². The number of carbonyl (C=O) groups is 1. The van der Waals surface area contributed by atoms with Gasteiger partial charge in [-0.25, -0.2) is 4.79 Å². The third-order valence-electron chi connectivity index (χ3n) is 3.48. The fraction of sp³-hybridized carbons (Fsp3) is 0.500. The molecule has 4 heteroatoms. The zero-order valence-electron chi connectivity index (χ0n) is 10.4. The van der Waals surface area contributed by atoms with Crippen LogP contribution in [0.3, 0.4) is 0 Å². The molecule has 0 spiro atoms. The average molecular weight is 249 g/mol. The van der Waals surface area contributed by atoms with E-state index in [9.17, 15) is 4.79 Å². The van der Waals surface area contributed by atoms with Gasteiger partial charge in [-0.05, 0) is 30.4 Å². The highest BCUT2D eigenvalue weighted by molar-refractivity contribution is 5.95. The molecule has 1 aromatic carbocycles. The standard InChI is InChI=1S/C14H19NO3/c15-12-7-3-6-11(13(12)14(16)17)9-18-8-10-4-1-2-5-10/h3,6-7,10H,1-2,4-5,8-9,15H2,(H,16,17). The Balaban J connectivity index is 1.96. The zero-order chi connectivity index (χ0) is 13.0. The van der Waals surface area contributed by atoms with Crippen LogP contribution in [0, 0.1) is 5.92 Å². The first kappa shape index (κ1) is 12.9. The fourth-order valence-corrected chi connectivity index (χ4v) is 2.51. The third kappa shape index (κ3) is 3.01. The normalized spacial score (nSPS) is 16.0. The van der Waals surface area contributed by atoms with Crippen LogP contribution in [0.25, 0.3) is 0 Å². The van der Waals surface area contributed by atoms with Crippen LogP contribution in [0.5, 0.6) is 0 Å². The molecular weight excluding hydrogens is 230 g/mol. The maximum absolute atomic E-state index is 11.1. The molecule has 3 N–H and O–H groups in total. The highest BCUT2D eigenvalue weighted by atomic mass is 16.5. The van der Waals surface area contributed by atoms with E-state index in [0.29, 0.717) is 30.4 Å². The SMILES string of the molecule is Nc1cccc(COCC2CCCC2)c1C(=O)O. The lowest BCUT2D eigenvalue weighted by atomic mass is 10.1. The number of aromatic carboxylic acids is 1. The number of hydrogen-bond acceptors (Lipinski definition) is 3. The van der Waals surface area contributed by atoms with Crippen LogP contribution in [0.4, 0.5) is 5.69 Å². The van der Waals surface area contributed by atoms with Crippen molar-refractivity contribution in [3.63, 3.8) is 0 Å². The molecule has 18 heavy (non-hydrogen) atoms. The fourth-order valence-electron chi connectivity index (χ4n) is 2.51. The number of nitrogen functional groups attached to an aromatic ring is 1. The van der Waals surface area contributed by atoms with E-state index in [1.807, 2.05) is 0 Å². The molecule has 0 heterocycles. The second kappa shape index (κ2) is 5.87. The Bertz CT molecular complexity index is 425. The van der Waals surface area contributed by atoms with Gasteiger partial charge in [0, 0.05) is 12.3 Å². The average Bonchev–Trinajstić information content (AvgIpc) is 2.81. The number of hydrogen-bond donors (Lipinski definition) is 2. The summed E-state index contributed by atoms with van der Waals surface area (Å²) >= 11 is 0. The lowest BCUT2D eigenvalue weighted by molar-refractivity contribution is 0.0678. The summed E-state index contributed by atoms with van der Waals surface area (Å²) in [4.78, 5) is 11.1. The number of ether oxygens (including phenoxy) is 1. The molecule has 0 radical (unpaired) electrons. The van der Waals surface area contributed by atoms with Crippen LogP contribution < -0.4 is 5.73 Å². The smallest absolute Gasteiger partial charge is 0.338 e. The highest BCUT2D eigenvalue weighted by Gasteiger charge is 2.17. The van der Waals surface area contributed by atoms with E-state index >= 15 is 0 Å². The van der Waals surface area contributed by atoms with Gasteiger partial charge in [-0.15, -0.1) is 0 Å². The third-order valence-corrected chi connectivity index (χ3v) is 3.48. The van der Waals surface area contributed by atoms with Gasteiger partial charge in [-0.3, -0.25) is 0 Å². The van der Waals surface area contributed by atoms with E-state index in [4.69, 9.17) is 15.6 Å². The van der Waals surface area contributed by atoms with E-state index in [1.54, 1.807) is 18.2 Å². The predicted molar refractivity (Wildman–Crippen MR) is 69.4 cm³/mol. The molecule has 0 aliphatic heterocycles. The number of nitrogens with two attached hydrogens (primary N) is 1. The van der Waals surface area contributed by atoms with Gasteiger partial charge in [0.25, 0.3) is 0 Å². The Morgan fingerprint density at radius 2 is 2.11 bits per heavy atom. The number of rotatable bonds is 5. The largest absolute Gasteiger partial charge is 0.478 e. The summed E-state index contributed by atoms with van der Waals surface area (Å²) in [5, 5.41) is 9.12. The van der Waals surface area contributed by atoms with Crippen molar-refractivity contribution in [2.45, 2.75) is 32.3 Å². The van der Waals surface area contributed by atoms with Gasteiger partial charge >= 0.3 is 5.97 Å². The number of anilines is 1. The maximum atomic E-state index is 11.1. The van der Waals surface area contributed by atoms with Gasteiger partial charge < -0.3 is 15.6 Å². The summed E-state index contributed by atoms with van der Waals surface area (Å²) in [6.45, 7) is 1.04. The minimum Gasteiger partial charge on any atom is -0.478 e. The van der Waals surface area contributed by atoms with Crippen molar-refractivity contribution in [1.29, 1.82) is 0 Å². The molecule has 1 aromatic rings. The molecule has 1 aliphatic rings. The lowest BCUT2D eigenvalue weighted by Gasteiger charge is -2.12. The Labute approximate surface area is 107 Å². The van der Waals surface area contributed by atoms with Gasteiger partial charge in [0.05, 0.1) is 12.2 Å². The van der Waals surface area contributed by atoms with Crippen LogP contribution >= 0.6 is 0 Å². The molecular formula is C14H19NO3. The summed E-state index contributed by atoms with van der Waals surface area (Å²) in [6, 6.07) is 5.12. The Morgan fingerprint density at radius 3 is 2.78 bits per heavy atom. The summed E-state index contributed by atoms with van der Waals surface area (Å²) < 4.78 is 5.63. The molecule has 0 aromatic heterocycles. The highest BCUT2D eigenvalue weighted by Crippen LogP contribution is 2.25. The van der Waals surface area contributed by atoms with Crippen molar-refractivity contribution >= 4 is 11.7 Å². The van der Waals surface area contributed by atoms with Gasteiger partial charge in [-0.2, -0.15) is 0 Å². The molecule has 0 amide bonds. The van der Waals surface area contributed by atoms with E-state index < -0.39 is 5.97 Å². The van der Waals surface area contributed by atoms with Crippen molar-refractivity contribution in [2.24, 2.45) is 5.92 Å². The van der Waals surface area contributed by atoms with Crippen LogP contribution in [0.1, 0.15) is 41.6 Å². The molecule has 0 bridgehead atoms. The summed E-state index contributed by atoms with van der Waals surface area (Å²) in [7, 11) is 0. The minimum absolute atomic E-state index is 0.170. The van der Waals surface area contributed by atoms with Crippen LogP contribution in [0.15, 0.2) is 18.2 Å². The lowest BCUT2D eigenvalue weighted by Crippen LogP contribution is -2.10.